The standard InChI is InChI=1S/C20H18N4O2S/c1-3-23(15-9-7-14(8-10-15)19(25)26)20-22-16(12-27-20)18-13(2)21-17-6-4-5-11-24(17)18/h4-12H,3H2,1-2H3,(H,25,26). The quantitative estimate of drug-likeness (QED) is 0.549. The molecule has 0 saturated heterocycles. The van der Waals surface area contributed by atoms with E-state index in [1.807, 2.05) is 60.2 Å². The van der Waals surface area contributed by atoms with Gasteiger partial charge < -0.3 is 10.0 Å². The number of benzene rings is 1. The van der Waals surface area contributed by atoms with Gasteiger partial charge in [-0.2, -0.15) is 0 Å². The van der Waals surface area contributed by atoms with Gasteiger partial charge in [-0.3, -0.25) is 4.40 Å². The number of hydrogen-bond acceptors (Lipinski definition) is 5. The molecule has 0 atom stereocenters. The van der Waals surface area contributed by atoms with Gasteiger partial charge in [0.25, 0.3) is 0 Å². The van der Waals surface area contributed by atoms with E-state index in [4.69, 9.17) is 10.1 Å². The molecule has 0 unspecified atom stereocenters. The zero-order valence-corrected chi connectivity index (χ0v) is 15.8. The Morgan fingerprint density at radius 2 is 1.96 bits per heavy atom. The highest BCUT2D eigenvalue weighted by Gasteiger charge is 2.17. The lowest BCUT2D eigenvalue weighted by molar-refractivity contribution is 0.0697. The zero-order chi connectivity index (χ0) is 19.0. The van der Waals surface area contributed by atoms with Gasteiger partial charge in [0, 0.05) is 23.8 Å². The molecule has 7 heteroatoms. The molecule has 0 aliphatic rings. The van der Waals surface area contributed by atoms with Gasteiger partial charge in [0.15, 0.2) is 5.13 Å². The normalized spacial score (nSPS) is 11.0. The Morgan fingerprint density at radius 1 is 1.19 bits per heavy atom. The van der Waals surface area contributed by atoms with E-state index in [1.165, 1.54) is 0 Å². The molecule has 6 nitrogen and oxygen atoms in total. The van der Waals surface area contributed by atoms with Crippen LogP contribution >= 0.6 is 11.3 Å². The Labute approximate surface area is 160 Å². The van der Waals surface area contributed by atoms with E-state index >= 15 is 0 Å². The molecule has 0 fully saturated rings. The smallest absolute Gasteiger partial charge is 0.335 e. The highest BCUT2D eigenvalue weighted by atomic mass is 32.1. The van der Waals surface area contributed by atoms with E-state index in [2.05, 4.69) is 9.88 Å². The second-order valence-corrected chi connectivity index (χ2v) is 6.92. The fraction of sp³-hybridized carbons (Fsp3) is 0.150. The maximum Gasteiger partial charge on any atom is 0.335 e. The van der Waals surface area contributed by atoms with Crippen LogP contribution < -0.4 is 4.90 Å². The van der Waals surface area contributed by atoms with Crippen molar-refractivity contribution in [2.24, 2.45) is 0 Å². The van der Waals surface area contributed by atoms with Crippen LogP contribution in [-0.2, 0) is 0 Å². The third-order valence-corrected chi connectivity index (χ3v) is 5.28. The number of carbonyl (C=O) groups is 1. The number of nitrogens with zero attached hydrogens (tertiary/aromatic N) is 4. The summed E-state index contributed by atoms with van der Waals surface area (Å²) in [5.74, 6) is -0.927. The second kappa shape index (κ2) is 6.85. The summed E-state index contributed by atoms with van der Waals surface area (Å²) in [6, 6.07) is 12.8. The summed E-state index contributed by atoms with van der Waals surface area (Å²) in [4.78, 5) is 22.6. The van der Waals surface area contributed by atoms with Crippen molar-refractivity contribution >= 4 is 33.8 Å². The van der Waals surface area contributed by atoms with E-state index in [9.17, 15) is 4.79 Å². The van der Waals surface area contributed by atoms with Crippen molar-refractivity contribution in [1.29, 1.82) is 0 Å². The monoisotopic (exact) mass is 378 g/mol. The molecule has 1 aromatic carbocycles. The number of carboxylic acid groups (broad SMARTS) is 1. The molecule has 0 aliphatic carbocycles. The van der Waals surface area contributed by atoms with Gasteiger partial charge in [-0.25, -0.2) is 14.8 Å². The SMILES string of the molecule is CCN(c1ccc(C(=O)O)cc1)c1nc(-c2c(C)nc3ccccn23)cs1. The Kier molecular flexibility index (Phi) is 4.37. The molecule has 1 N–H and O–H groups in total. The van der Waals surface area contributed by atoms with Crippen molar-refractivity contribution in [3.63, 3.8) is 0 Å². The summed E-state index contributed by atoms with van der Waals surface area (Å²) in [5, 5.41) is 12.0. The molecule has 3 heterocycles. The topological polar surface area (TPSA) is 70.7 Å². The van der Waals surface area contributed by atoms with Crippen LogP contribution in [0.2, 0.25) is 0 Å². The molecule has 3 aromatic heterocycles. The van der Waals surface area contributed by atoms with E-state index < -0.39 is 5.97 Å². The molecule has 27 heavy (non-hydrogen) atoms. The van der Waals surface area contributed by atoms with Crippen LogP contribution in [0.4, 0.5) is 10.8 Å². The number of pyridine rings is 1. The lowest BCUT2D eigenvalue weighted by Gasteiger charge is -2.20. The first-order valence-corrected chi connectivity index (χ1v) is 9.47. The predicted octanol–water partition coefficient (Wildman–Crippen LogP) is 4.62. The first kappa shape index (κ1) is 17.2. The number of hydrogen-bond donors (Lipinski definition) is 1. The first-order chi connectivity index (χ1) is 13.1. The van der Waals surface area contributed by atoms with Crippen molar-refractivity contribution < 1.29 is 9.90 Å². The minimum Gasteiger partial charge on any atom is -0.478 e. The molecule has 136 valence electrons. The fourth-order valence-corrected chi connectivity index (χ4v) is 4.03. The van der Waals surface area contributed by atoms with Gasteiger partial charge >= 0.3 is 5.97 Å². The number of thiazole rings is 1. The van der Waals surface area contributed by atoms with Crippen LogP contribution in [0.1, 0.15) is 23.0 Å². The van der Waals surface area contributed by atoms with Crippen LogP contribution in [0, 0.1) is 6.92 Å². The second-order valence-electron chi connectivity index (χ2n) is 6.09. The third-order valence-electron chi connectivity index (χ3n) is 4.41. The van der Waals surface area contributed by atoms with Crippen molar-refractivity contribution in [3.8, 4) is 11.4 Å². The summed E-state index contributed by atoms with van der Waals surface area (Å²) in [6.45, 7) is 4.76. The average molecular weight is 378 g/mol. The van der Waals surface area contributed by atoms with Gasteiger partial charge in [-0.05, 0) is 50.2 Å². The average Bonchev–Trinajstić information content (AvgIpc) is 3.26. The molecule has 0 amide bonds. The molecule has 0 spiro atoms. The van der Waals surface area contributed by atoms with Crippen molar-refractivity contribution in [3.05, 3.63) is 65.3 Å². The van der Waals surface area contributed by atoms with Crippen LogP contribution in [-0.4, -0.2) is 32.0 Å². The molecule has 4 rings (SSSR count). The summed E-state index contributed by atoms with van der Waals surface area (Å²) in [7, 11) is 0. The minimum absolute atomic E-state index is 0.274. The largest absolute Gasteiger partial charge is 0.478 e. The molecule has 0 aliphatic heterocycles. The predicted molar refractivity (Wildman–Crippen MR) is 107 cm³/mol. The zero-order valence-electron chi connectivity index (χ0n) is 15.0. The first-order valence-electron chi connectivity index (χ1n) is 8.59. The molecule has 0 radical (unpaired) electrons. The van der Waals surface area contributed by atoms with Crippen molar-refractivity contribution in [2.75, 3.05) is 11.4 Å². The lowest BCUT2D eigenvalue weighted by atomic mass is 10.2. The molecule has 4 aromatic rings. The van der Waals surface area contributed by atoms with Crippen molar-refractivity contribution in [1.82, 2.24) is 14.4 Å². The summed E-state index contributed by atoms with van der Waals surface area (Å²) in [6.07, 6.45) is 1.99. The molecule has 0 bridgehead atoms. The molecular formula is C20H18N4O2S. The number of anilines is 2. The maximum atomic E-state index is 11.1. The maximum absolute atomic E-state index is 11.1. The summed E-state index contributed by atoms with van der Waals surface area (Å²) in [5.41, 5.74) is 4.90. The number of fused-ring (bicyclic) bond motifs is 1. The number of aryl methyl sites for hydroxylation is 1. The van der Waals surface area contributed by atoms with E-state index in [-0.39, 0.29) is 5.56 Å². The van der Waals surface area contributed by atoms with Crippen LogP contribution in [0.15, 0.2) is 54.0 Å². The molecule has 0 saturated carbocycles. The van der Waals surface area contributed by atoms with Crippen molar-refractivity contribution in [2.45, 2.75) is 13.8 Å². The minimum atomic E-state index is -0.927. The highest BCUT2D eigenvalue weighted by molar-refractivity contribution is 7.14. The Hall–Kier alpha value is -3.19. The molecular weight excluding hydrogens is 360 g/mol. The van der Waals surface area contributed by atoms with E-state index in [0.717, 1.165) is 40.1 Å². The van der Waals surface area contributed by atoms with Gasteiger partial charge in [0.05, 0.1) is 17.0 Å². The summed E-state index contributed by atoms with van der Waals surface area (Å²) >= 11 is 1.56. The van der Waals surface area contributed by atoms with E-state index in [1.54, 1.807) is 23.5 Å². The van der Waals surface area contributed by atoms with Gasteiger partial charge in [0.1, 0.15) is 11.3 Å². The van der Waals surface area contributed by atoms with Crippen LogP contribution in [0.25, 0.3) is 17.0 Å². The third kappa shape index (κ3) is 3.06. The Bertz CT molecular complexity index is 1110. The van der Waals surface area contributed by atoms with Gasteiger partial charge in [0.2, 0.25) is 0 Å². The number of carboxylic acids is 1. The Morgan fingerprint density at radius 3 is 2.67 bits per heavy atom. The number of aromatic nitrogens is 3. The number of imidazole rings is 1. The van der Waals surface area contributed by atoms with E-state index in [0.29, 0.717) is 0 Å². The van der Waals surface area contributed by atoms with Gasteiger partial charge in [-0.1, -0.05) is 6.07 Å². The fourth-order valence-electron chi connectivity index (χ4n) is 3.13. The van der Waals surface area contributed by atoms with Gasteiger partial charge in [-0.15, -0.1) is 11.3 Å². The lowest BCUT2D eigenvalue weighted by Crippen LogP contribution is -2.15. The van der Waals surface area contributed by atoms with Crippen LogP contribution in [0.5, 0.6) is 0 Å². The number of aromatic carboxylic acids is 1. The summed E-state index contributed by atoms with van der Waals surface area (Å²) < 4.78 is 2.05. The Balaban J connectivity index is 1.72. The highest BCUT2D eigenvalue weighted by Crippen LogP contribution is 2.33. The van der Waals surface area contributed by atoms with Crippen LogP contribution in [0.3, 0.4) is 0 Å². The number of rotatable bonds is 5.